The molecule has 2 heterocycles. The molecular weight excluding hydrogens is 228 g/mol. The summed E-state index contributed by atoms with van der Waals surface area (Å²) in [5.41, 5.74) is 0. The van der Waals surface area contributed by atoms with Gasteiger partial charge >= 0.3 is 0 Å². The molecule has 2 saturated heterocycles. The van der Waals surface area contributed by atoms with Gasteiger partial charge in [0.15, 0.2) is 0 Å². The van der Waals surface area contributed by atoms with Crippen molar-refractivity contribution in [1.82, 2.24) is 10.2 Å². The van der Waals surface area contributed by atoms with Crippen LogP contribution in [0.4, 0.5) is 0 Å². The fraction of sp³-hybridized carbons (Fsp3) is 1.00. The average molecular weight is 256 g/mol. The third kappa shape index (κ3) is 4.19. The zero-order valence-corrected chi connectivity index (χ0v) is 11.9. The van der Waals surface area contributed by atoms with E-state index < -0.39 is 0 Å². The van der Waals surface area contributed by atoms with Gasteiger partial charge in [0.05, 0.1) is 25.9 Å². The van der Waals surface area contributed by atoms with Crippen LogP contribution in [0.1, 0.15) is 26.7 Å². The third-order valence-corrected chi connectivity index (χ3v) is 4.19. The number of nitrogens with zero attached hydrogens (tertiary/aromatic N) is 1. The van der Waals surface area contributed by atoms with Gasteiger partial charge in [-0.3, -0.25) is 4.90 Å². The van der Waals surface area contributed by atoms with Crippen LogP contribution in [-0.4, -0.2) is 63.0 Å². The van der Waals surface area contributed by atoms with Crippen LogP contribution in [0.15, 0.2) is 0 Å². The van der Waals surface area contributed by atoms with Gasteiger partial charge in [-0.25, -0.2) is 0 Å². The van der Waals surface area contributed by atoms with Gasteiger partial charge in [0.25, 0.3) is 0 Å². The van der Waals surface area contributed by atoms with Crippen molar-refractivity contribution in [2.24, 2.45) is 5.92 Å². The molecule has 2 aliphatic heterocycles. The first kappa shape index (κ1) is 14.3. The fourth-order valence-corrected chi connectivity index (χ4v) is 2.79. The lowest BCUT2D eigenvalue weighted by Crippen LogP contribution is -2.46. The Balaban J connectivity index is 1.82. The van der Waals surface area contributed by atoms with E-state index in [9.17, 15) is 0 Å². The molecule has 2 aliphatic rings. The molecule has 0 bridgehead atoms. The maximum Gasteiger partial charge on any atom is 0.0936 e. The minimum Gasteiger partial charge on any atom is -0.376 e. The first-order valence-corrected chi connectivity index (χ1v) is 7.44. The van der Waals surface area contributed by atoms with Gasteiger partial charge in [0, 0.05) is 19.1 Å². The molecule has 0 aliphatic carbocycles. The first-order chi connectivity index (χ1) is 8.79. The van der Waals surface area contributed by atoms with Crippen LogP contribution >= 0.6 is 0 Å². The lowest BCUT2D eigenvalue weighted by molar-refractivity contribution is -0.0977. The Morgan fingerprint density at radius 1 is 1.39 bits per heavy atom. The second kappa shape index (κ2) is 7.43. The molecule has 0 aromatic heterocycles. The largest absolute Gasteiger partial charge is 0.376 e. The van der Waals surface area contributed by atoms with Crippen LogP contribution in [0.5, 0.6) is 0 Å². The van der Waals surface area contributed by atoms with E-state index >= 15 is 0 Å². The third-order valence-electron chi connectivity index (χ3n) is 4.19. The van der Waals surface area contributed by atoms with Crippen LogP contribution in [0.25, 0.3) is 0 Å². The summed E-state index contributed by atoms with van der Waals surface area (Å²) >= 11 is 0. The zero-order valence-electron chi connectivity index (χ0n) is 11.9. The molecule has 2 rings (SSSR count). The van der Waals surface area contributed by atoms with Gasteiger partial charge in [-0.15, -0.1) is 0 Å². The van der Waals surface area contributed by atoms with E-state index in [0.717, 1.165) is 45.4 Å². The molecule has 0 radical (unpaired) electrons. The maximum atomic E-state index is 5.76. The molecule has 2 fully saturated rings. The normalized spacial score (nSPS) is 33.0. The van der Waals surface area contributed by atoms with Crippen molar-refractivity contribution in [1.29, 1.82) is 0 Å². The summed E-state index contributed by atoms with van der Waals surface area (Å²) in [6.07, 6.45) is 2.75. The Labute approximate surface area is 111 Å². The van der Waals surface area contributed by atoms with Crippen LogP contribution < -0.4 is 5.32 Å². The van der Waals surface area contributed by atoms with E-state index in [1.165, 1.54) is 19.4 Å². The summed E-state index contributed by atoms with van der Waals surface area (Å²) in [5.74, 6) is 0.745. The molecule has 4 heteroatoms. The minimum absolute atomic E-state index is 0.273. The monoisotopic (exact) mass is 256 g/mol. The summed E-state index contributed by atoms with van der Waals surface area (Å²) in [6, 6.07) is 0.627. The van der Waals surface area contributed by atoms with E-state index in [2.05, 4.69) is 24.1 Å². The number of ether oxygens (including phenoxy) is 2. The Kier molecular flexibility index (Phi) is 5.89. The van der Waals surface area contributed by atoms with Gasteiger partial charge in [-0.2, -0.15) is 0 Å². The highest BCUT2D eigenvalue weighted by Crippen LogP contribution is 2.13. The Morgan fingerprint density at radius 2 is 2.28 bits per heavy atom. The smallest absolute Gasteiger partial charge is 0.0936 e. The van der Waals surface area contributed by atoms with E-state index in [1.54, 1.807) is 0 Å². The fourth-order valence-electron chi connectivity index (χ4n) is 2.79. The number of hydrogen-bond donors (Lipinski definition) is 1. The molecule has 3 atom stereocenters. The van der Waals surface area contributed by atoms with Crippen molar-refractivity contribution in [3.8, 4) is 0 Å². The SMILES string of the molecule is CCC(C)C1CN(CC2COCCO2)CCCN1. The summed E-state index contributed by atoms with van der Waals surface area (Å²) in [7, 11) is 0. The van der Waals surface area contributed by atoms with Crippen molar-refractivity contribution < 1.29 is 9.47 Å². The number of rotatable bonds is 4. The second-order valence-corrected chi connectivity index (χ2v) is 5.63. The molecule has 0 spiro atoms. The van der Waals surface area contributed by atoms with Gasteiger partial charge in [0.2, 0.25) is 0 Å². The summed E-state index contributed by atoms with van der Waals surface area (Å²) in [4.78, 5) is 2.55. The van der Waals surface area contributed by atoms with Crippen molar-refractivity contribution in [3.05, 3.63) is 0 Å². The molecule has 3 unspecified atom stereocenters. The molecule has 0 saturated carbocycles. The lowest BCUT2D eigenvalue weighted by Gasteiger charge is -2.32. The molecule has 4 nitrogen and oxygen atoms in total. The predicted molar refractivity (Wildman–Crippen MR) is 72.9 cm³/mol. The van der Waals surface area contributed by atoms with Crippen molar-refractivity contribution >= 4 is 0 Å². The van der Waals surface area contributed by atoms with Crippen LogP contribution in [0.3, 0.4) is 0 Å². The van der Waals surface area contributed by atoms with Gasteiger partial charge < -0.3 is 14.8 Å². The molecule has 0 aromatic rings. The van der Waals surface area contributed by atoms with Gasteiger partial charge in [-0.05, 0) is 25.4 Å². The minimum atomic E-state index is 0.273. The highest BCUT2D eigenvalue weighted by molar-refractivity contribution is 4.81. The molecule has 1 N–H and O–H groups in total. The zero-order chi connectivity index (χ0) is 12.8. The molecule has 0 amide bonds. The molecule has 18 heavy (non-hydrogen) atoms. The topological polar surface area (TPSA) is 33.7 Å². The summed E-state index contributed by atoms with van der Waals surface area (Å²) < 4.78 is 11.2. The van der Waals surface area contributed by atoms with Crippen molar-refractivity contribution in [2.45, 2.75) is 38.8 Å². The Hall–Kier alpha value is -0.160. The van der Waals surface area contributed by atoms with E-state index in [1.807, 2.05) is 0 Å². The van der Waals surface area contributed by atoms with Gasteiger partial charge in [0.1, 0.15) is 0 Å². The van der Waals surface area contributed by atoms with E-state index in [0.29, 0.717) is 6.04 Å². The highest BCUT2D eigenvalue weighted by atomic mass is 16.6. The van der Waals surface area contributed by atoms with Crippen molar-refractivity contribution in [2.75, 3.05) is 46.0 Å². The highest BCUT2D eigenvalue weighted by Gasteiger charge is 2.24. The second-order valence-electron chi connectivity index (χ2n) is 5.63. The Morgan fingerprint density at radius 3 is 3.00 bits per heavy atom. The van der Waals surface area contributed by atoms with E-state index in [-0.39, 0.29) is 6.10 Å². The average Bonchev–Trinajstić information content (AvgIpc) is 2.65. The molecule has 106 valence electrons. The van der Waals surface area contributed by atoms with Crippen LogP contribution in [0.2, 0.25) is 0 Å². The van der Waals surface area contributed by atoms with E-state index in [4.69, 9.17) is 9.47 Å². The molecular formula is C14H28N2O2. The molecule has 0 aromatic carbocycles. The number of nitrogens with one attached hydrogen (secondary N) is 1. The lowest BCUT2D eigenvalue weighted by atomic mass is 9.99. The predicted octanol–water partition coefficient (Wildman–Crippen LogP) is 1.11. The summed E-state index contributed by atoms with van der Waals surface area (Å²) in [5, 5.41) is 3.69. The standard InChI is InChI=1S/C14H28N2O2/c1-3-12(2)14-10-16(6-4-5-15-14)9-13-11-17-7-8-18-13/h12-15H,3-11H2,1-2H3. The van der Waals surface area contributed by atoms with Crippen molar-refractivity contribution in [3.63, 3.8) is 0 Å². The number of hydrogen-bond acceptors (Lipinski definition) is 4. The first-order valence-electron chi connectivity index (χ1n) is 7.44. The maximum absolute atomic E-state index is 5.76. The quantitative estimate of drug-likeness (QED) is 0.817. The van der Waals surface area contributed by atoms with Gasteiger partial charge in [-0.1, -0.05) is 20.3 Å². The van der Waals surface area contributed by atoms with Crippen LogP contribution in [-0.2, 0) is 9.47 Å². The van der Waals surface area contributed by atoms with Crippen LogP contribution in [0, 0.1) is 5.92 Å². The summed E-state index contributed by atoms with van der Waals surface area (Å²) in [6.45, 7) is 11.4. The Bertz CT molecular complexity index is 232.